The molecule has 0 aliphatic carbocycles. The monoisotopic (exact) mass is 341 g/mol. The van der Waals surface area contributed by atoms with Crippen molar-refractivity contribution in [3.8, 4) is 11.5 Å². The lowest BCUT2D eigenvalue weighted by molar-refractivity contribution is -0.142. The van der Waals surface area contributed by atoms with Crippen molar-refractivity contribution in [3.05, 3.63) is 60.2 Å². The molecule has 0 bridgehead atoms. The van der Waals surface area contributed by atoms with Crippen LogP contribution >= 0.6 is 0 Å². The summed E-state index contributed by atoms with van der Waals surface area (Å²) in [6.45, 7) is -0.396. The second kappa shape index (κ2) is 9.12. The van der Waals surface area contributed by atoms with E-state index < -0.39 is 18.5 Å². The Morgan fingerprint density at radius 3 is 2.32 bits per heavy atom. The molecule has 25 heavy (non-hydrogen) atoms. The first kappa shape index (κ1) is 18.1. The van der Waals surface area contributed by atoms with E-state index in [-0.39, 0.29) is 0 Å². The minimum Gasteiger partial charge on any atom is -0.496 e. The second-order valence-electron chi connectivity index (χ2n) is 4.93. The average molecular weight is 341 g/mol. The van der Waals surface area contributed by atoms with Crippen LogP contribution in [0.3, 0.4) is 0 Å². The van der Waals surface area contributed by atoms with Crippen LogP contribution in [0.1, 0.15) is 5.56 Å². The number of nitrogens with one attached hydrogen (secondary N) is 1. The summed E-state index contributed by atoms with van der Waals surface area (Å²) in [6.07, 6.45) is 2.81. The zero-order valence-corrected chi connectivity index (χ0v) is 14.0. The fraction of sp³-hybridized carbons (Fsp3) is 0.158. The highest BCUT2D eigenvalue weighted by Crippen LogP contribution is 2.22. The largest absolute Gasteiger partial charge is 0.496 e. The molecule has 6 heteroatoms. The maximum atomic E-state index is 11.9. The minimum atomic E-state index is -0.624. The van der Waals surface area contributed by atoms with Gasteiger partial charge < -0.3 is 19.5 Å². The third kappa shape index (κ3) is 5.39. The predicted octanol–water partition coefficient (Wildman–Crippen LogP) is 2.90. The van der Waals surface area contributed by atoms with Crippen molar-refractivity contribution >= 4 is 23.6 Å². The van der Waals surface area contributed by atoms with Gasteiger partial charge in [0.25, 0.3) is 5.91 Å². The highest BCUT2D eigenvalue weighted by atomic mass is 16.5. The standard InChI is InChI=1S/C19H19NO5/c1-23-16-9-5-3-7-14(16)11-12-19(22)25-13-18(21)20-15-8-4-6-10-17(15)24-2/h3-12H,13H2,1-2H3,(H,20,21). The quantitative estimate of drug-likeness (QED) is 0.619. The van der Waals surface area contributed by atoms with Gasteiger partial charge in [0, 0.05) is 11.6 Å². The van der Waals surface area contributed by atoms with Crippen LogP contribution in [0.4, 0.5) is 5.69 Å². The highest BCUT2D eigenvalue weighted by Gasteiger charge is 2.09. The van der Waals surface area contributed by atoms with Crippen molar-refractivity contribution in [2.75, 3.05) is 26.1 Å². The normalized spacial score (nSPS) is 10.3. The predicted molar refractivity (Wildman–Crippen MR) is 94.6 cm³/mol. The number of rotatable bonds is 7. The van der Waals surface area contributed by atoms with E-state index in [2.05, 4.69) is 5.32 Å². The van der Waals surface area contributed by atoms with Crippen LogP contribution in [-0.4, -0.2) is 32.7 Å². The Balaban J connectivity index is 1.87. The van der Waals surface area contributed by atoms with Crippen LogP contribution in [0.2, 0.25) is 0 Å². The number of amides is 1. The number of esters is 1. The third-order valence-corrected chi connectivity index (χ3v) is 3.26. The molecule has 2 aromatic rings. The number of carbonyl (C=O) groups excluding carboxylic acids is 2. The van der Waals surface area contributed by atoms with Crippen molar-refractivity contribution in [2.45, 2.75) is 0 Å². The van der Waals surface area contributed by atoms with Crippen molar-refractivity contribution in [3.63, 3.8) is 0 Å². The van der Waals surface area contributed by atoms with Gasteiger partial charge in [0.1, 0.15) is 11.5 Å². The zero-order valence-electron chi connectivity index (χ0n) is 14.0. The van der Waals surface area contributed by atoms with Gasteiger partial charge in [0.05, 0.1) is 19.9 Å². The Labute approximate surface area is 146 Å². The topological polar surface area (TPSA) is 73.9 Å². The van der Waals surface area contributed by atoms with Gasteiger partial charge in [-0.05, 0) is 24.3 Å². The molecule has 0 saturated heterocycles. The van der Waals surface area contributed by atoms with Crippen LogP contribution in [-0.2, 0) is 14.3 Å². The molecule has 130 valence electrons. The van der Waals surface area contributed by atoms with E-state index in [1.54, 1.807) is 49.6 Å². The maximum Gasteiger partial charge on any atom is 0.331 e. The fourth-order valence-corrected chi connectivity index (χ4v) is 2.08. The van der Waals surface area contributed by atoms with Crippen LogP contribution < -0.4 is 14.8 Å². The molecule has 1 N–H and O–H groups in total. The molecule has 2 rings (SSSR count). The Bertz CT molecular complexity index is 770. The van der Waals surface area contributed by atoms with E-state index >= 15 is 0 Å². The first-order chi connectivity index (χ1) is 12.1. The first-order valence-corrected chi connectivity index (χ1v) is 7.54. The summed E-state index contributed by atoms with van der Waals surface area (Å²) >= 11 is 0. The van der Waals surface area contributed by atoms with Gasteiger partial charge in [-0.1, -0.05) is 30.3 Å². The third-order valence-electron chi connectivity index (χ3n) is 3.26. The summed E-state index contributed by atoms with van der Waals surface area (Å²) in [5.41, 5.74) is 1.25. The van der Waals surface area contributed by atoms with Crippen molar-refractivity contribution in [2.24, 2.45) is 0 Å². The SMILES string of the molecule is COc1ccccc1C=CC(=O)OCC(=O)Nc1ccccc1OC. The molecule has 0 fully saturated rings. The number of hydrogen-bond acceptors (Lipinski definition) is 5. The average Bonchev–Trinajstić information content (AvgIpc) is 2.65. The fourth-order valence-electron chi connectivity index (χ4n) is 2.08. The molecule has 0 heterocycles. The van der Waals surface area contributed by atoms with Gasteiger partial charge >= 0.3 is 5.97 Å². The van der Waals surface area contributed by atoms with Crippen LogP contribution in [0, 0.1) is 0 Å². The Morgan fingerprint density at radius 1 is 0.960 bits per heavy atom. The molecular formula is C19H19NO5. The number of hydrogen-bond donors (Lipinski definition) is 1. The first-order valence-electron chi connectivity index (χ1n) is 7.54. The molecule has 0 aliphatic heterocycles. The highest BCUT2D eigenvalue weighted by molar-refractivity contribution is 5.95. The zero-order chi connectivity index (χ0) is 18.1. The lowest BCUT2D eigenvalue weighted by atomic mass is 10.2. The minimum absolute atomic E-state index is 0.396. The molecule has 0 saturated carbocycles. The van der Waals surface area contributed by atoms with Crippen molar-refractivity contribution in [1.29, 1.82) is 0 Å². The molecule has 1 amide bonds. The number of benzene rings is 2. The smallest absolute Gasteiger partial charge is 0.331 e. The van der Waals surface area contributed by atoms with Gasteiger partial charge in [-0.15, -0.1) is 0 Å². The number of carbonyl (C=O) groups is 2. The van der Waals surface area contributed by atoms with Crippen LogP contribution in [0.15, 0.2) is 54.6 Å². The van der Waals surface area contributed by atoms with Crippen molar-refractivity contribution < 1.29 is 23.8 Å². The molecule has 2 aromatic carbocycles. The van der Waals surface area contributed by atoms with Crippen LogP contribution in [0.25, 0.3) is 6.08 Å². The van der Waals surface area contributed by atoms with Gasteiger partial charge in [-0.2, -0.15) is 0 Å². The molecule has 0 unspecified atom stereocenters. The molecule has 0 aromatic heterocycles. The molecule has 0 spiro atoms. The van der Waals surface area contributed by atoms with E-state index in [0.717, 1.165) is 5.56 Å². The van der Waals surface area contributed by atoms with Gasteiger partial charge in [-0.3, -0.25) is 4.79 Å². The lowest BCUT2D eigenvalue weighted by Gasteiger charge is -2.09. The Hall–Kier alpha value is -3.28. The maximum absolute atomic E-state index is 11.9. The summed E-state index contributed by atoms with van der Waals surface area (Å²) in [5.74, 6) is 0.0864. The molecule has 6 nitrogen and oxygen atoms in total. The van der Waals surface area contributed by atoms with E-state index in [1.165, 1.54) is 13.2 Å². The second-order valence-corrected chi connectivity index (χ2v) is 4.93. The Kier molecular flexibility index (Phi) is 6.59. The molecule has 0 atom stereocenters. The summed E-state index contributed by atoms with van der Waals surface area (Å²) in [6, 6.07) is 14.2. The Morgan fingerprint density at radius 2 is 1.60 bits per heavy atom. The summed E-state index contributed by atoms with van der Waals surface area (Å²) in [4.78, 5) is 23.6. The summed E-state index contributed by atoms with van der Waals surface area (Å²) in [7, 11) is 3.06. The van der Waals surface area contributed by atoms with E-state index in [1.807, 2.05) is 12.1 Å². The van der Waals surface area contributed by atoms with Gasteiger partial charge in [-0.25, -0.2) is 4.79 Å². The summed E-state index contributed by atoms with van der Waals surface area (Å²) in [5, 5.41) is 2.62. The van der Waals surface area contributed by atoms with E-state index in [0.29, 0.717) is 17.2 Å². The molecule has 0 radical (unpaired) electrons. The van der Waals surface area contributed by atoms with Gasteiger partial charge in [0.2, 0.25) is 0 Å². The molecule has 0 aliphatic rings. The number of anilines is 1. The van der Waals surface area contributed by atoms with Crippen LogP contribution in [0.5, 0.6) is 11.5 Å². The van der Waals surface area contributed by atoms with E-state index in [4.69, 9.17) is 14.2 Å². The number of para-hydroxylation sites is 3. The van der Waals surface area contributed by atoms with E-state index in [9.17, 15) is 9.59 Å². The summed E-state index contributed by atoms with van der Waals surface area (Å²) < 4.78 is 15.2. The van der Waals surface area contributed by atoms with Gasteiger partial charge in [0.15, 0.2) is 6.61 Å². The number of ether oxygens (including phenoxy) is 3. The lowest BCUT2D eigenvalue weighted by Crippen LogP contribution is -2.20. The molecular weight excluding hydrogens is 322 g/mol. The van der Waals surface area contributed by atoms with Crippen molar-refractivity contribution in [1.82, 2.24) is 0 Å². The number of methoxy groups -OCH3 is 2.